The number of aliphatic imine (C=N–C) groups is 1. The Kier molecular flexibility index (Phi) is 10.5. The quantitative estimate of drug-likeness (QED) is 0.353. The van der Waals surface area contributed by atoms with Crippen LogP contribution in [0.25, 0.3) is 0 Å². The van der Waals surface area contributed by atoms with Crippen LogP contribution in [0.3, 0.4) is 0 Å². The number of aromatic nitrogens is 1. The van der Waals surface area contributed by atoms with Gasteiger partial charge < -0.3 is 20.1 Å². The van der Waals surface area contributed by atoms with Crippen molar-refractivity contribution >= 4 is 29.9 Å². The zero-order valence-electron chi connectivity index (χ0n) is 15.5. The Morgan fingerprint density at radius 2 is 1.81 bits per heavy atom. The van der Waals surface area contributed by atoms with Crippen LogP contribution < -0.4 is 20.1 Å². The van der Waals surface area contributed by atoms with Crippen molar-refractivity contribution in [2.75, 3.05) is 34.4 Å². The number of nitrogens with zero attached hydrogens (tertiary/aromatic N) is 2. The van der Waals surface area contributed by atoms with Crippen molar-refractivity contribution in [1.82, 2.24) is 15.6 Å². The van der Waals surface area contributed by atoms with Crippen LogP contribution in [-0.4, -0.2) is 45.3 Å². The van der Waals surface area contributed by atoms with E-state index < -0.39 is 0 Å². The fourth-order valence-corrected chi connectivity index (χ4v) is 2.47. The van der Waals surface area contributed by atoms with Gasteiger partial charge in [-0.1, -0.05) is 6.07 Å². The van der Waals surface area contributed by atoms with Crippen LogP contribution in [0.1, 0.15) is 11.3 Å². The minimum atomic E-state index is 0. The van der Waals surface area contributed by atoms with Crippen LogP contribution in [0.5, 0.6) is 11.5 Å². The molecule has 0 unspecified atom stereocenters. The second kappa shape index (κ2) is 12.3. The summed E-state index contributed by atoms with van der Waals surface area (Å²) < 4.78 is 10.7. The molecule has 2 N–H and O–H groups in total. The summed E-state index contributed by atoms with van der Waals surface area (Å²) in [5.41, 5.74) is 2.16. The fourth-order valence-electron chi connectivity index (χ4n) is 2.47. The van der Waals surface area contributed by atoms with Gasteiger partial charge in [-0.15, -0.1) is 24.0 Å². The van der Waals surface area contributed by atoms with Crippen molar-refractivity contribution in [1.29, 1.82) is 0 Å². The van der Waals surface area contributed by atoms with E-state index in [4.69, 9.17) is 9.47 Å². The highest BCUT2D eigenvalue weighted by Crippen LogP contribution is 2.24. The number of guanidine groups is 1. The maximum atomic E-state index is 5.41. The van der Waals surface area contributed by atoms with Crippen LogP contribution >= 0.6 is 24.0 Å². The number of ether oxygens (including phenoxy) is 2. The number of hydrogen-bond donors (Lipinski definition) is 2. The van der Waals surface area contributed by atoms with Gasteiger partial charge in [-0.3, -0.25) is 9.98 Å². The fraction of sp³-hybridized carbons (Fsp3) is 0.368. The van der Waals surface area contributed by atoms with E-state index in [-0.39, 0.29) is 24.0 Å². The Morgan fingerprint density at radius 3 is 2.42 bits per heavy atom. The van der Waals surface area contributed by atoms with Gasteiger partial charge in [0, 0.05) is 38.4 Å². The lowest BCUT2D eigenvalue weighted by Crippen LogP contribution is -2.39. The number of benzene rings is 1. The predicted molar refractivity (Wildman–Crippen MR) is 116 cm³/mol. The molecule has 1 heterocycles. The largest absolute Gasteiger partial charge is 0.497 e. The van der Waals surface area contributed by atoms with E-state index in [0.717, 1.165) is 54.6 Å². The molecule has 26 heavy (non-hydrogen) atoms. The van der Waals surface area contributed by atoms with E-state index >= 15 is 0 Å². The van der Waals surface area contributed by atoms with E-state index in [2.05, 4.69) is 20.6 Å². The van der Waals surface area contributed by atoms with Crippen LogP contribution in [0.15, 0.2) is 47.6 Å². The second-order valence-corrected chi connectivity index (χ2v) is 5.42. The van der Waals surface area contributed by atoms with E-state index in [0.29, 0.717) is 0 Å². The van der Waals surface area contributed by atoms with Gasteiger partial charge in [0.1, 0.15) is 11.5 Å². The lowest BCUT2D eigenvalue weighted by molar-refractivity contribution is 0.398. The maximum absolute atomic E-state index is 5.41. The van der Waals surface area contributed by atoms with Crippen molar-refractivity contribution in [2.45, 2.75) is 12.8 Å². The molecular weight excluding hydrogens is 443 g/mol. The summed E-state index contributed by atoms with van der Waals surface area (Å²) in [6, 6.07) is 11.8. The van der Waals surface area contributed by atoms with Crippen molar-refractivity contribution in [3.63, 3.8) is 0 Å². The topological polar surface area (TPSA) is 67.8 Å². The third-order valence-electron chi connectivity index (χ3n) is 3.80. The first kappa shape index (κ1) is 22.0. The van der Waals surface area contributed by atoms with Crippen LogP contribution in [0.4, 0.5) is 0 Å². The van der Waals surface area contributed by atoms with Crippen molar-refractivity contribution in [2.24, 2.45) is 4.99 Å². The molecule has 0 saturated carbocycles. The molecule has 0 spiro atoms. The molecule has 2 aromatic rings. The summed E-state index contributed by atoms with van der Waals surface area (Å²) in [5, 5.41) is 6.61. The average molecular weight is 470 g/mol. The third-order valence-corrected chi connectivity index (χ3v) is 3.80. The van der Waals surface area contributed by atoms with E-state index in [1.807, 2.05) is 42.6 Å². The smallest absolute Gasteiger partial charge is 0.190 e. The lowest BCUT2D eigenvalue weighted by atomic mass is 10.1. The average Bonchev–Trinajstić information content (AvgIpc) is 2.67. The lowest BCUT2D eigenvalue weighted by Gasteiger charge is -2.13. The molecule has 0 aliphatic rings. The molecule has 0 radical (unpaired) electrons. The number of halogens is 1. The van der Waals surface area contributed by atoms with E-state index in [1.165, 1.54) is 0 Å². The predicted octanol–water partition coefficient (Wildman–Crippen LogP) is 2.67. The molecule has 7 heteroatoms. The second-order valence-electron chi connectivity index (χ2n) is 5.42. The standard InChI is InChI=1S/C19H26N4O2.HI/c1-20-19(23-13-10-16-6-4-5-11-21-16)22-12-9-15-14-17(24-2)7-8-18(15)25-3;/h4-8,11,14H,9-10,12-13H2,1-3H3,(H2,20,22,23);1H. The van der Waals surface area contributed by atoms with Crippen LogP contribution in [0, 0.1) is 0 Å². The van der Waals surface area contributed by atoms with E-state index in [9.17, 15) is 0 Å². The molecule has 6 nitrogen and oxygen atoms in total. The van der Waals surface area contributed by atoms with Gasteiger partial charge in [0.15, 0.2) is 5.96 Å². The molecule has 0 saturated heterocycles. The first-order chi connectivity index (χ1) is 12.3. The van der Waals surface area contributed by atoms with Gasteiger partial charge in [-0.05, 0) is 42.3 Å². The van der Waals surface area contributed by atoms with Crippen molar-refractivity contribution in [3.8, 4) is 11.5 Å². The summed E-state index contributed by atoms with van der Waals surface area (Å²) >= 11 is 0. The number of nitrogens with one attached hydrogen (secondary N) is 2. The van der Waals surface area contributed by atoms with Gasteiger partial charge in [0.2, 0.25) is 0 Å². The molecule has 1 aromatic carbocycles. The molecule has 0 aliphatic heterocycles. The molecule has 142 valence electrons. The SMILES string of the molecule is CN=C(NCCc1ccccn1)NCCc1cc(OC)ccc1OC.I. The Hall–Kier alpha value is -2.03. The number of pyridine rings is 1. The van der Waals surface area contributed by atoms with Gasteiger partial charge in [-0.2, -0.15) is 0 Å². The van der Waals surface area contributed by atoms with Crippen molar-refractivity contribution < 1.29 is 9.47 Å². The molecule has 0 bridgehead atoms. The molecule has 0 amide bonds. The minimum Gasteiger partial charge on any atom is -0.497 e. The Morgan fingerprint density at radius 1 is 1.04 bits per heavy atom. The highest BCUT2D eigenvalue weighted by atomic mass is 127. The molecule has 0 atom stereocenters. The van der Waals surface area contributed by atoms with Crippen LogP contribution in [0.2, 0.25) is 0 Å². The zero-order valence-corrected chi connectivity index (χ0v) is 17.8. The highest BCUT2D eigenvalue weighted by Gasteiger charge is 2.06. The molecule has 0 fully saturated rings. The number of rotatable bonds is 8. The van der Waals surface area contributed by atoms with Gasteiger partial charge in [-0.25, -0.2) is 0 Å². The summed E-state index contributed by atoms with van der Waals surface area (Å²) in [6.45, 7) is 1.52. The molecule has 0 aliphatic carbocycles. The van der Waals surface area contributed by atoms with E-state index in [1.54, 1.807) is 21.3 Å². The summed E-state index contributed by atoms with van der Waals surface area (Å²) in [7, 11) is 5.11. The molecule has 1 aromatic heterocycles. The Bertz CT molecular complexity index is 680. The summed E-state index contributed by atoms with van der Waals surface area (Å²) in [5.74, 6) is 2.46. The van der Waals surface area contributed by atoms with Crippen LogP contribution in [-0.2, 0) is 12.8 Å². The molecule has 2 rings (SSSR count). The zero-order chi connectivity index (χ0) is 17.9. The van der Waals surface area contributed by atoms with Gasteiger partial charge in [0.05, 0.1) is 14.2 Å². The normalized spacial score (nSPS) is 10.7. The van der Waals surface area contributed by atoms with Crippen molar-refractivity contribution in [3.05, 3.63) is 53.9 Å². The minimum absolute atomic E-state index is 0. The third kappa shape index (κ3) is 7.07. The summed E-state index contributed by atoms with van der Waals surface area (Å²) in [4.78, 5) is 8.56. The number of methoxy groups -OCH3 is 2. The Balaban J connectivity index is 0.00000338. The molecular formula is C19H27IN4O2. The first-order valence-electron chi connectivity index (χ1n) is 8.32. The first-order valence-corrected chi connectivity index (χ1v) is 8.32. The number of hydrogen-bond acceptors (Lipinski definition) is 4. The monoisotopic (exact) mass is 470 g/mol. The Labute approximate surface area is 172 Å². The summed E-state index contributed by atoms with van der Waals surface area (Å²) in [6.07, 6.45) is 3.47. The van der Waals surface area contributed by atoms with Gasteiger partial charge in [0.25, 0.3) is 0 Å². The van der Waals surface area contributed by atoms with Gasteiger partial charge >= 0.3 is 0 Å². The maximum Gasteiger partial charge on any atom is 0.190 e. The highest BCUT2D eigenvalue weighted by molar-refractivity contribution is 14.0.